The molecule has 0 saturated heterocycles. The molecule has 18 heavy (non-hydrogen) atoms. The van der Waals surface area contributed by atoms with E-state index < -0.39 is 5.82 Å². The second kappa shape index (κ2) is 5.50. The molecule has 0 atom stereocenters. The molecule has 94 valence electrons. The maximum atomic E-state index is 13.0. The molecule has 0 aromatic heterocycles. The molecule has 0 unspecified atom stereocenters. The van der Waals surface area contributed by atoms with E-state index >= 15 is 0 Å². The van der Waals surface area contributed by atoms with Crippen molar-refractivity contribution in [3.8, 4) is 11.5 Å². The van der Waals surface area contributed by atoms with E-state index in [1.54, 1.807) is 0 Å². The van der Waals surface area contributed by atoms with Gasteiger partial charge in [0.05, 0.1) is 11.1 Å². The van der Waals surface area contributed by atoms with E-state index in [2.05, 4.69) is 15.9 Å². The van der Waals surface area contributed by atoms with Crippen LogP contribution in [0.3, 0.4) is 0 Å². The summed E-state index contributed by atoms with van der Waals surface area (Å²) in [4.78, 5) is 0. The van der Waals surface area contributed by atoms with Crippen LogP contribution in [0, 0.1) is 12.7 Å². The highest BCUT2D eigenvalue weighted by molar-refractivity contribution is 9.10. The minimum atomic E-state index is -0.394. The molecule has 2 rings (SSSR count). The van der Waals surface area contributed by atoms with Gasteiger partial charge in [-0.2, -0.15) is 0 Å². The second-order valence-corrected chi connectivity index (χ2v) is 4.80. The van der Waals surface area contributed by atoms with Gasteiger partial charge in [-0.25, -0.2) is 4.39 Å². The Labute approximate surface area is 113 Å². The first kappa shape index (κ1) is 13.1. The summed E-state index contributed by atoms with van der Waals surface area (Å²) in [5.41, 5.74) is 1.53. The summed E-state index contributed by atoms with van der Waals surface area (Å²) in [5.74, 6) is 0.680. The number of aryl methyl sites for hydroxylation is 1. The SMILES string of the molecule is Cc1ccc(Oc2ccc(F)cc2CO)c(Br)c1. The Hall–Kier alpha value is -1.39. The van der Waals surface area contributed by atoms with Crippen molar-refractivity contribution < 1.29 is 14.2 Å². The fourth-order valence-electron chi connectivity index (χ4n) is 1.58. The summed E-state index contributed by atoms with van der Waals surface area (Å²) in [6, 6.07) is 9.74. The third-order valence-corrected chi connectivity index (χ3v) is 3.12. The molecular weight excluding hydrogens is 299 g/mol. The highest BCUT2D eigenvalue weighted by atomic mass is 79.9. The van der Waals surface area contributed by atoms with Crippen LogP contribution in [0.25, 0.3) is 0 Å². The van der Waals surface area contributed by atoms with Gasteiger partial charge >= 0.3 is 0 Å². The summed E-state index contributed by atoms with van der Waals surface area (Å²) in [7, 11) is 0. The van der Waals surface area contributed by atoms with Gasteiger partial charge in [-0.1, -0.05) is 6.07 Å². The molecule has 0 aliphatic rings. The van der Waals surface area contributed by atoms with Crippen LogP contribution in [0.1, 0.15) is 11.1 Å². The van der Waals surface area contributed by atoms with Gasteiger partial charge in [0, 0.05) is 5.56 Å². The first-order valence-corrected chi connectivity index (χ1v) is 6.23. The number of hydrogen-bond donors (Lipinski definition) is 1. The number of halogens is 2. The van der Waals surface area contributed by atoms with Gasteiger partial charge in [0.2, 0.25) is 0 Å². The molecular formula is C14H12BrFO2. The van der Waals surface area contributed by atoms with Crippen molar-refractivity contribution in [2.24, 2.45) is 0 Å². The molecule has 0 bridgehead atoms. The molecule has 4 heteroatoms. The Morgan fingerprint density at radius 1 is 1.17 bits per heavy atom. The topological polar surface area (TPSA) is 29.5 Å². The van der Waals surface area contributed by atoms with Crippen molar-refractivity contribution in [2.75, 3.05) is 0 Å². The van der Waals surface area contributed by atoms with Crippen LogP contribution in [-0.4, -0.2) is 5.11 Å². The first-order chi connectivity index (χ1) is 8.60. The van der Waals surface area contributed by atoms with Gasteiger partial charge in [0.1, 0.15) is 17.3 Å². The van der Waals surface area contributed by atoms with Crippen LogP contribution in [0.2, 0.25) is 0 Å². The van der Waals surface area contributed by atoms with E-state index in [-0.39, 0.29) is 6.61 Å². The molecule has 0 aliphatic carbocycles. The number of hydrogen-bond acceptors (Lipinski definition) is 2. The highest BCUT2D eigenvalue weighted by Gasteiger charge is 2.08. The number of benzene rings is 2. The number of aliphatic hydroxyl groups is 1. The Balaban J connectivity index is 2.33. The Kier molecular flexibility index (Phi) is 3.99. The summed E-state index contributed by atoms with van der Waals surface area (Å²) < 4.78 is 19.5. The van der Waals surface area contributed by atoms with E-state index in [1.807, 2.05) is 25.1 Å². The standard InChI is InChI=1S/C14H12BrFO2/c1-9-2-4-14(12(15)6-9)18-13-5-3-11(16)7-10(13)8-17/h2-7,17H,8H2,1H3. The van der Waals surface area contributed by atoms with E-state index in [9.17, 15) is 9.50 Å². The lowest BCUT2D eigenvalue weighted by atomic mass is 10.2. The van der Waals surface area contributed by atoms with Crippen LogP contribution in [0.5, 0.6) is 11.5 Å². The quantitative estimate of drug-likeness (QED) is 0.921. The van der Waals surface area contributed by atoms with Crippen molar-refractivity contribution in [1.82, 2.24) is 0 Å². The lowest BCUT2D eigenvalue weighted by molar-refractivity contribution is 0.275. The molecule has 0 aliphatic heterocycles. The molecule has 0 amide bonds. The monoisotopic (exact) mass is 310 g/mol. The lowest BCUT2D eigenvalue weighted by Crippen LogP contribution is -1.93. The average molecular weight is 311 g/mol. The van der Waals surface area contributed by atoms with Crippen LogP contribution < -0.4 is 4.74 Å². The number of aliphatic hydroxyl groups excluding tert-OH is 1. The molecule has 2 nitrogen and oxygen atoms in total. The van der Waals surface area contributed by atoms with Gasteiger partial charge in [0.15, 0.2) is 0 Å². The van der Waals surface area contributed by atoms with E-state index in [0.717, 1.165) is 10.0 Å². The Morgan fingerprint density at radius 2 is 1.89 bits per heavy atom. The van der Waals surface area contributed by atoms with Crippen LogP contribution in [0.4, 0.5) is 4.39 Å². The second-order valence-electron chi connectivity index (χ2n) is 3.95. The first-order valence-electron chi connectivity index (χ1n) is 5.43. The Morgan fingerprint density at radius 3 is 2.56 bits per heavy atom. The molecule has 0 radical (unpaired) electrons. The van der Waals surface area contributed by atoms with Gasteiger partial charge < -0.3 is 9.84 Å². The van der Waals surface area contributed by atoms with Crippen molar-refractivity contribution in [1.29, 1.82) is 0 Å². The molecule has 0 fully saturated rings. The summed E-state index contributed by atoms with van der Waals surface area (Å²) >= 11 is 3.40. The van der Waals surface area contributed by atoms with Crippen molar-refractivity contribution in [3.63, 3.8) is 0 Å². The largest absolute Gasteiger partial charge is 0.456 e. The van der Waals surface area contributed by atoms with Crippen molar-refractivity contribution >= 4 is 15.9 Å². The third kappa shape index (κ3) is 2.89. The molecule has 0 heterocycles. The van der Waals surface area contributed by atoms with E-state index in [4.69, 9.17) is 4.74 Å². The zero-order valence-corrected chi connectivity index (χ0v) is 11.4. The normalized spacial score (nSPS) is 10.4. The minimum absolute atomic E-state index is 0.267. The zero-order chi connectivity index (χ0) is 13.1. The van der Waals surface area contributed by atoms with Crippen LogP contribution >= 0.6 is 15.9 Å². The fourth-order valence-corrected chi connectivity index (χ4v) is 2.15. The molecule has 2 aromatic rings. The molecule has 0 spiro atoms. The molecule has 1 N–H and O–H groups in total. The predicted molar refractivity (Wildman–Crippen MR) is 71.3 cm³/mol. The summed E-state index contributed by atoms with van der Waals surface area (Å²) in [6.07, 6.45) is 0. The summed E-state index contributed by atoms with van der Waals surface area (Å²) in [6.45, 7) is 1.71. The van der Waals surface area contributed by atoms with Gasteiger partial charge in [-0.15, -0.1) is 0 Å². The molecule has 2 aromatic carbocycles. The minimum Gasteiger partial charge on any atom is -0.456 e. The maximum absolute atomic E-state index is 13.0. The fraction of sp³-hybridized carbons (Fsp3) is 0.143. The zero-order valence-electron chi connectivity index (χ0n) is 9.78. The maximum Gasteiger partial charge on any atom is 0.141 e. The van der Waals surface area contributed by atoms with E-state index in [1.165, 1.54) is 18.2 Å². The number of rotatable bonds is 3. The van der Waals surface area contributed by atoms with Gasteiger partial charge in [-0.3, -0.25) is 0 Å². The Bertz CT molecular complexity index is 570. The summed E-state index contributed by atoms with van der Waals surface area (Å²) in [5, 5.41) is 9.18. The van der Waals surface area contributed by atoms with Crippen molar-refractivity contribution in [2.45, 2.75) is 13.5 Å². The van der Waals surface area contributed by atoms with Gasteiger partial charge in [0.25, 0.3) is 0 Å². The predicted octanol–water partition coefficient (Wildman–Crippen LogP) is 4.18. The van der Waals surface area contributed by atoms with Crippen LogP contribution in [-0.2, 0) is 6.61 Å². The van der Waals surface area contributed by atoms with Crippen molar-refractivity contribution in [3.05, 3.63) is 57.8 Å². The average Bonchev–Trinajstić information content (AvgIpc) is 2.34. The number of ether oxygens (including phenoxy) is 1. The highest BCUT2D eigenvalue weighted by Crippen LogP contribution is 2.32. The lowest BCUT2D eigenvalue weighted by Gasteiger charge is -2.11. The molecule has 0 saturated carbocycles. The van der Waals surface area contributed by atoms with Crippen LogP contribution in [0.15, 0.2) is 40.9 Å². The van der Waals surface area contributed by atoms with E-state index in [0.29, 0.717) is 17.1 Å². The third-order valence-electron chi connectivity index (χ3n) is 2.50. The van der Waals surface area contributed by atoms with Gasteiger partial charge in [-0.05, 0) is 58.7 Å². The smallest absolute Gasteiger partial charge is 0.141 e.